The lowest BCUT2D eigenvalue weighted by Gasteiger charge is -2.30. The number of fused-ring (bicyclic) bond motifs is 4. The summed E-state index contributed by atoms with van der Waals surface area (Å²) in [6, 6.07) is 24.7. The Hall–Kier alpha value is -5.06. The molecule has 14 nitrogen and oxygen atoms in total. The maximum atomic E-state index is 14.2. The summed E-state index contributed by atoms with van der Waals surface area (Å²) in [6.45, 7) is 0. The van der Waals surface area contributed by atoms with E-state index in [0.717, 1.165) is 0 Å². The number of H-pyrrole nitrogens is 2. The minimum absolute atomic E-state index is 0.396. The molecule has 0 amide bonds. The van der Waals surface area contributed by atoms with Gasteiger partial charge in [-0.3, -0.25) is 0 Å². The summed E-state index contributed by atoms with van der Waals surface area (Å²) in [6.07, 6.45) is 6.00. The molecular formula is C28H32N10O4P2. The summed E-state index contributed by atoms with van der Waals surface area (Å²) in [7, 11) is -1.49. The van der Waals surface area contributed by atoms with Gasteiger partial charge in [0.15, 0.2) is 0 Å². The Morgan fingerprint density at radius 3 is 1.02 bits per heavy atom. The Bertz CT molecular complexity index is 1560. The van der Waals surface area contributed by atoms with Crippen LogP contribution in [-0.4, -0.2) is 82.1 Å². The van der Waals surface area contributed by atoms with E-state index < -0.39 is 15.3 Å². The lowest BCUT2D eigenvalue weighted by Crippen LogP contribution is -2.24. The Kier molecular flexibility index (Phi) is 9.03. The Morgan fingerprint density at radius 2 is 0.750 bits per heavy atom. The van der Waals surface area contributed by atoms with Crippen molar-refractivity contribution in [2.24, 2.45) is 20.4 Å². The maximum Gasteiger partial charge on any atom is 0.479 e. The summed E-state index contributed by atoms with van der Waals surface area (Å²) in [5, 5.41) is 17.6. The number of para-hydroxylation sites is 2. The van der Waals surface area contributed by atoms with Gasteiger partial charge in [0.05, 0.1) is 47.6 Å². The van der Waals surface area contributed by atoms with Crippen LogP contribution >= 0.6 is 15.3 Å². The van der Waals surface area contributed by atoms with Gasteiger partial charge in [-0.2, -0.15) is 39.5 Å². The topological polar surface area (TPSA) is 147 Å². The average molecular weight is 635 g/mol. The largest absolute Gasteiger partial charge is 0.479 e. The van der Waals surface area contributed by atoms with Crippen molar-refractivity contribution in [1.82, 2.24) is 29.1 Å². The zero-order chi connectivity index (χ0) is 31.2. The van der Waals surface area contributed by atoms with Crippen molar-refractivity contribution < 1.29 is 18.2 Å². The van der Waals surface area contributed by atoms with Gasteiger partial charge in [-0.05, 0) is 48.5 Å². The molecule has 5 rings (SSSR count). The number of nitrogens with one attached hydrogen (secondary N) is 2. The molecular weight excluding hydrogens is 602 g/mol. The number of aromatic nitrogens is 2. The quantitative estimate of drug-likeness (QED) is 0.280. The summed E-state index contributed by atoms with van der Waals surface area (Å²) < 4.78 is 45.3. The molecule has 4 aromatic rings. The smallest absolute Gasteiger partial charge is 0.412 e. The van der Waals surface area contributed by atoms with Crippen LogP contribution < -0.4 is 9.05 Å². The highest BCUT2D eigenvalue weighted by Crippen LogP contribution is 2.53. The first-order valence-corrected chi connectivity index (χ1v) is 16.4. The summed E-state index contributed by atoms with van der Waals surface area (Å²) in [4.78, 5) is 6.30. The molecule has 2 N–H and O–H groups in total. The van der Waals surface area contributed by atoms with Gasteiger partial charge < -0.3 is 19.0 Å². The number of rotatable bonds is 4. The van der Waals surface area contributed by atoms with Crippen molar-refractivity contribution in [2.45, 2.75) is 0 Å². The molecule has 228 valence electrons. The van der Waals surface area contributed by atoms with Crippen molar-refractivity contribution in [1.29, 1.82) is 0 Å². The Labute approximate surface area is 255 Å². The second-order valence-electron chi connectivity index (χ2n) is 9.46. The van der Waals surface area contributed by atoms with Crippen LogP contribution in [0.4, 0.5) is 0 Å². The van der Waals surface area contributed by atoms with Crippen LogP contribution in [0.2, 0.25) is 0 Å². The molecule has 3 heterocycles. The molecule has 0 unspecified atom stereocenters. The van der Waals surface area contributed by atoms with E-state index in [2.05, 4.69) is 30.4 Å². The molecule has 1 aliphatic heterocycles. The molecule has 16 heteroatoms. The molecule has 2 aromatic carbocycles. The SMILES string of the molecule is CN1/N=C\c2ccc([nH]2)/C=N\N(C)P(=O)(Oc2ccccc2)N(C)/N=C\c2ccc([nH]2)/C=N\N(C)P1(=O)Oc1ccccc1. The van der Waals surface area contributed by atoms with E-state index in [1.807, 2.05) is 12.1 Å². The molecule has 0 saturated carbocycles. The fraction of sp³-hybridized carbons (Fsp3) is 0.143. The van der Waals surface area contributed by atoms with Crippen molar-refractivity contribution in [3.05, 3.63) is 108 Å². The van der Waals surface area contributed by atoms with Crippen molar-refractivity contribution in [3.8, 4) is 11.5 Å². The van der Waals surface area contributed by atoms with E-state index >= 15 is 0 Å². The van der Waals surface area contributed by atoms with Crippen molar-refractivity contribution in [2.75, 3.05) is 28.2 Å². The van der Waals surface area contributed by atoms with Crippen molar-refractivity contribution in [3.63, 3.8) is 0 Å². The van der Waals surface area contributed by atoms with Crippen LogP contribution in [0, 0.1) is 0 Å². The maximum absolute atomic E-state index is 14.2. The lowest BCUT2D eigenvalue weighted by atomic mass is 10.3. The van der Waals surface area contributed by atoms with Gasteiger partial charge in [-0.1, -0.05) is 36.4 Å². The highest BCUT2D eigenvalue weighted by atomic mass is 31.2. The fourth-order valence-corrected chi connectivity index (χ4v) is 6.60. The van der Waals surface area contributed by atoms with Gasteiger partial charge >= 0.3 is 15.3 Å². The first-order valence-electron chi connectivity index (χ1n) is 13.4. The highest BCUT2D eigenvalue weighted by Gasteiger charge is 2.37. The molecule has 0 spiro atoms. The normalized spacial score (nSPS) is 23.9. The van der Waals surface area contributed by atoms with E-state index in [0.29, 0.717) is 34.3 Å². The lowest BCUT2D eigenvalue weighted by molar-refractivity contribution is 0.325. The molecule has 44 heavy (non-hydrogen) atoms. The van der Waals surface area contributed by atoms with Gasteiger partial charge in [-0.15, -0.1) is 0 Å². The molecule has 0 fully saturated rings. The summed E-state index contributed by atoms with van der Waals surface area (Å²) in [5.41, 5.74) is 2.38. The third kappa shape index (κ3) is 6.94. The molecule has 0 atom stereocenters. The number of aromatic amines is 2. The van der Waals surface area contributed by atoms with E-state index in [1.54, 1.807) is 101 Å². The van der Waals surface area contributed by atoms with Gasteiger partial charge in [0.25, 0.3) is 0 Å². The number of hydrogen-bond acceptors (Lipinski definition) is 8. The van der Waals surface area contributed by atoms with Crippen LogP contribution in [0.15, 0.2) is 105 Å². The Balaban J connectivity index is 1.52. The van der Waals surface area contributed by atoms with Gasteiger partial charge in [-0.25, -0.2) is 9.13 Å². The fourth-order valence-electron chi connectivity index (χ4n) is 3.85. The van der Waals surface area contributed by atoms with Crippen LogP contribution in [0.1, 0.15) is 22.8 Å². The van der Waals surface area contributed by atoms with Gasteiger partial charge in [0.2, 0.25) is 0 Å². The third-order valence-corrected chi connectivity index (χ3v) is 10.6. The van der Waals surface area contributed by atoms with Crippen LogP contribution in [-0.2, 0) is 9.13 Å². The molecule has 0 radical (unpaired) electrons. The molecule has 1 aliphatic rings. The van der Waals surface area contributed by atoms with Crippen LogP contribution in [0.5, 0.6) is 11.5 Å². The first-order chi connectivity index (χ1) is 21.2. The van der Waals surface area contributed by atoms with Crippen LogP contribution in [0.3, 0.4) is 0 Å². The summed E-state index contributed by atoms with van der Waals surface area (Å²) >= 11 is 0. The van der Waals surface area contributed by atoms with Gasteiger partial charge in [0.1, 0.15) is 11.5 Å². The third-order valence-electron chi connectivity index (χ3n) is 6.32. The molecule has 0 saturated heterocycles. The number of benzene rings is 2. The first kappa shape index (κ1) is 30.4. The zero-order valence-electron chi connectivity index (χ0n) is 24.5. The second-order valence-corrected chi connectivity index (χ2v) is 14.1. The number of hydrogen-bond donors (Lipinski definition) is 2. The minimum atomic E-state index is -3.83. The molecule has 4 bridgehead atoms. The number of nitrogens with zero attached hydrogens (tertiary/aromatic N) is 8. The number of hydrazone groups is 4. The standard InChI is InChI=1S/C28H32N10O4P2/c1-35-29-19-23-15-16-25(33-23)21-31-37(3)44(40,42-28-13-9-6-10-14-28)38(4)32-22-26-18-17-24(34-26)20-30-36(2)43(35,39)41-27-11-7-5-8-12-27/h5-22,33-34H,1-4H3/b29-19-,30-20-,31-21-,32-22-. The minimum Gasteiger partial charge on any atom is -0.412 e. The van der Waals surface area contributed by atoms with E-state index in [-0.39, 0.29) is 0 Å². The van der Waals surface area contributed by atoms with E-state index in [1.165, 1.54) is 44.0 Å². The average Bonchev–Trinajstić information content (AvgIpc) is 3.69. The van der Waals surface area contributed by atoms with Crippen molar-refractivity contribution >= 4 is 40.2 Å². The summed E-state index contributed by atoms with van der Waals surface area (Å²) in [5.74, 6) is 0.792. The predicted molar refractivity (Wildman–Crippen MR) is 172 cm³/mol. The molecule has 0 aliphatic carbocycles. The monoisotopic (exact) mass is 634 g/mol. The van der Waals surface area contributed by atoms with E-state index in [9.17, 15) is 9.13 Å². The zero-order valence-corrected chi connectivity index (χ0v) is 26.3. The second kappa shape index (κ2) is 13.1. The van der Waals surface area contributed by atoms with Gasteiger partial charge in [0, 0.05) is 28.2 Å². The Morgan fingerprint density at radius 1 is 0.477 bits per heavy atom. The van der Waals surface area contributed by atoms with E-state index in [4.69, 9.17) is 9.05 Å². The highest BCUT2D eigenvalue weighted by molar-refractivity contribution is 7.54. The van der Waals surface area contributed by atoms with Crippen LogP contribution in [0.25, 0.3) is 0 Å². The predicted octanol–water partition coefficient (Wildman–Crippen LogP) is 5.49. The molecule has 2 aromatic heterocycles.